The van der Waals surface area contributed by atoms with E-state index < -0.39 is 11.4 Å². The summed E-state index contributed by atoms with van der Waals surface area (Å²) in [6.45, 7) is 5.96. The summed E-state index contributed by atoms with van der Waals surface area (Å²) in [5.41, 5.74) is 0.0515. The van der Waals surface area contributed by atoms with Crippen molar-refractivity contribution in [2.24, 2.45) is 5.41 Å². The van der Waals surface area contributed by atoms with Gasteiger partial charge in [0.25, 0.3) is 0 Å². The molecule has 0 N–H and O–H groups in total. The first-order valence-electron chi connectivity index (χ1n) is 6.58. The smallest absolute Gasteiger partial charge is 0.324 e. The number of hydrogen-bond donors (Lipinski definition) is 0. The van der Waals surface area contributed by atoms with Gasteiger partial charge in [-0.05, 0) is 26.2 Å². The maximum Gasteiger partial charge on any atom is 0.324 e. The first-order valence-corrected chi connectivity index (χ1v) is 6.58. The first-order chi connectivity index (χ1) is 9.13. The summed E-state index contributed by atoms with van der Waals surface area (Å²) in [5, 5.41) is 0. The van der Waals surface area contributed by atoms with Crippen LogP contribution in [0.15, 0.2) is 42.5 Å². The van der Waals surface area contributed by atoms with Crippen molar-refractivity contribution < 1.29 is 14.3 Å². The normalized spacial score (nSPS) is 22.3. The van der Waals surface area contributed by atoms with Gasteiger partial charge in [0.05, 0.1) is 6.61 Å². The van der Waals surface area contributed by atoms with Gasteiger partial charge < -0.3 is 4.74 Å². The van der Waals surface area contributed by atoms with Gasteiger partial charge in [-0.2, -0.15) is 0 Å². The van der Waals surface area contributed by atoms with Crippen LogP contribution >= 0.6 is 0 Å². The molecule has 100 valence electrons. The van der Waals surface area contributed by atoms with E-state index >= 15 is 0 Å². The molecule has 1 aromatic rings. The lowest BCUT2D eigenvalue weighted by molar-refractivity contribution is -0.150. The summed E-state index contributed by atoms with van der Waals surface area (Å²) in [6, 6.07) is 8.90. The lowest BCUT2D eigenvalue weighted by atomic mass is 9.76. The number of ether oxygens (including phenoxy) is 1. The molecule has 0 unspecified atom stereocenters. The second-order valence-corrected chi connectivity index (χ2v) is 4.78. The highest BCUT2D eigenvalue weighted by Gasteiger charge is 2.51. The van der Waals surface area contributed by atoms with Crippen molar-refractivity contribution in [3.63, 3.8) is 0 Å². The lowest BCUT2D eigenvalue weighted by Crippen LogP contribution is -2.39. The largest absolute Gasteiger partial charge is 0.465 e. The molecule has 1 aromatic carbocycles. The minimum absolute atomic E-state index is 0.186. The average molecular weight is 258 g/mol. The van der Waals surface area contributed by atoms with E-state index in [-0.39, 0.29) is 12.4 Å². The van der Waals surface area contributed by atoms with E-state index in [4.69, 9.17) is 4.74 Å². The summed E-state index contributed by atoms with van der Waals surface area (Å²) < 4.78 is 5.12. The predicted octanol–water partition coefficient (Wildman–Crippen LogP) is 3.16. The Kier molecular flexibility index (Phi) is 3.84. The molecule has 0 amide bonds. The molecule has 0 spiro atoms. The summed E-state index contributed by atoms with van der Waals surface area (Å²) >= 11 is 0. The quantitative estimate of drug-likeness (QED) is 0.360. The molecule has 0 bridgehead atoms. The van der Waals surface area contributed by atoms with Gasteiger partial charge in [-0.1, -0.05) is 42.5 Å². The third kappa shape index (κ3) is 2.21. The molecule has 1 aliphatic rings. The van der Waals surface area contributed by atoms with Crippen LogP contribution in [0.3, 0.4) is 0 Å². The average Bonchev–Trinajstić information content (AvgIpc) is 2.82. The van der Waals surface area contributed by atoms with Gasteiger partial charge >= 0.3 is 5.97 Å². The number of ketones is 1. The molecule has 2 rings (SSSR count). The lowest BCUT2D eigenvalue weighted by Gasteiger charge is -2.26. The SMILES string of the molecule is C=C1CCC[C@]1(C(=O)OCC)C(=O)c1ccccc1. The van der Waals surface area contributed by atoms with Crippen LogP contribution in [0, 0.1) is 5.41 Å². The number of rotatable bonds is 4. The fourth-order valence-electron chi connectivity index (χ4n) is 2.66. The Morgan fingerprint density at radius 1 is 1.32 bits per heavy atom. The van der Waals surface area contributed by atoms with Crippen LogP contribution in [-0.2, 0) is 9.53 Å². The van der Waals surface area contributed by atoms with Crippen LogP contribution < -0.4 is 0 Å². The standard InChI is InChI=1S/C16H18O3/c1-3-19-15(18)16(11-7-8-12(16)2)14(17)13-9-5-4-6-10-13/h4-6,9-10H,2-3,7-8,11H2,1H3/t16-/m1/s1. The predicted molar refractivity (Wildman–Crippen MR) is 72.8 cm³/mol. The highest BCUT2D eigenvalue weighted by molar-refractivity contribution is 6.15. The molecular formula is C16H18O3. The Morgan fingerprint density at radius 2 is 2.00 bits per heavy atom. The molecule has 1 atom stereocenters. The van der Waals surface area contributed by atoms with E-state index in [0.29, 0.717) is 24.0 Å². The van der Waals surface area contributed by atoms with E-state index in [1.165, 1.54) is 0 Å². The second-order valence-electron chi connectivity index (χ2n) is 4.78. The zero-order chi connectivity index (χ0) is 13.9. The van der Waals surface area contributed by atoms with Crippen molar-refractivity contribution in [1.82, 2.24) is 0 Å². The summed E-state index contributed by atoms with van der Waals surface area (Å²) in [5.74, 6) is -0.639. The highest BCUT2D eigenvalue weighted by Crippen LogP contribution is 2.45. The van der Waals surface area contributed by atoms with Gasteiger partial charge in [0.2, 0.25) is 0 Å². The number of Topliss-reactive ketones (excluding diaryl/α,β-unsaturated/α-hetero) is 1. The van der Waals surface area contributed by atoms with Crippen LogP contribution in [-0.4, -0.2) is 18.4 Å². The van der Waals surface area contributed by atoms with Crippen LogP contribution in [0.2, 0.25) is 0 Å². The Morgan fingerprint density at radius 3 is 2.53 bits per heavy atom. The maximum absolute atomic E-state index is 12.7. The van der Waals surface area contributed by atoms with Gasteiger partial charge in [-0.15, -0.1) is 0 Å². The van der Waals surface area contributed by atoms with E-state index in [9.17, 15) is 9.59 Å². The van der Waals surface area contributed by atoms with E-state index in [1.807, 2.05) is 6.07 Å². The number of benzene rings is 1. The zero-order valence-electron chi connectivity index (χ0n) is 11.1. The minimum atomic E-state index is -1.17. The van der Waals surface area contributed by atoms with E-state index in [0.717, 1.165) is 6.42 Å². The number of esters is 1. The summed E-state index contributed by atoms with van der Waals surface area (Å²) in [7, 11) is 0. The maximum atomic E-state index is 12.7. The van der Waals surface area contributed by atoms with Crippen molar-refractivity contribution >= 4 is 11.8 Å². The molecule has 1 fully saturated rings. The Balaban J connectivity index is 2.42. The van der Waals surface area contributed by atoms with E-state index in [1.54, 1.807) is 31.2 Å². The highest BCUT2D eigenvalue weighted by atomic mass is 16.5. The van der Waals surface area contributed by atoms with Gasteiger partial charge in [0.15, 0.2) is 11.2 Å². The Bertz CT molecular complexity index is 504. The third-order valence-electron chi connectivity index (χ3n) is 3.68. The molecule has 0 saturated heterocycles. The van der Waals surface area contributed by atoms with Crippen LogP contribution in [0.25, 0.3) is 0 Å². The van der Waals surface area contributed by atoms with E-state index in [2.05, 4.69) is 6.58 Å². The molecule has 0 aliphatic heterocycles. The fraction of sp³-hybridized carbons (Fsp3) is 0.375. The summed E-state index contributed by atoms with van der Waals surface area (Å²) in [4.78, 5) is 25.0. The van der Waals surface area contributed by atoms with Crippen molar-refractivity contribution in [1.29, 1.82) is 0 Å². The molecule has 0 radical (unpaired) electrons. The molecular weight excluding hydrogens is 240 g/mol. The van der Waals surface area contributed by atoms with Crippen LogP contribution in [0.5, 0.6) is 0 Å². The number of hydrogen-bond acceptors (Lipinski definition) is 3. The van der Waals surface area contributed by atoms with Crippen molar-refractivity contribution in [3.8, 4) is 0 Å². The van der Waals surface area contributed by atoms with Crippen molar-refractivity contribution in [3.05, 3.63) is 48.0 Å². The number of carbonyl (C=O) groups is 2. The molecule has 3 heteroatoms. The van der Waals surface area contributed by atoms with Crippen molar-refractivity contribution in [2.75, 3.05) is 6.61 Å². The topological polar surface area (TPSA) is 43.4 Å². The molecule has 0 aromatic heterocycles. The minimum Gasteiger partial charge on any atom is -0.465 e. The van der Waals surface area contributed by atoms with Crippen molar-refractivity contribution in [2.45, 2.75) is 26.2 Å². The molecule has 19 heavy (non-hydrogen) atoms. The second kappa shape index (κ2) is 5.39. The van der Waals surface area contributed by atoms with Gasteiger partial charge in [-0.3, -0.25) is 9.59 Å². The fourth-order valence-corrected chi connectivity index (χ4v) is 2.66. The Labute approximate surface area is 113 Å². The molecule has 3 nitrogen and oxygen atoms in total. The zero-order valence-corrected chi connectivity index (χ0v) is 11.1. The third-order valence-corrected chi connectivity index (χ3v) is 3.68. The molecule has 1 aliphatic carbocycles. The molecule has 1 saturated carbocycles. The first kappa shape index (κ1) is 13.5. The van der Waals surface area contributed by atoms with Gasteiger partial charge in [-0.25, -0.2) is 0 Å². The monoisotopic (exact) mass is 258 g/mol. The van der Waals surface area contributed by atoms with Crippen LogP contribution in [0.1, 0.15) is 36.5 Å². The Hall–Kier alpha value is -1.90. The van der Waals surface area contributed by atoms with Gasteiger partial charge in [0, 0.05) is 5.56 Å². The molecule has 0 heterocycles. The van der Waals surface area contributed by atoms with Crippen LogP contribution in [0.4, 0.5) is 0 Å². The number of carbonyl (C=O) groups excluding carboxylic acids is 2. The summed E-state index contributed by atoms with van der Waals surface area (Å²) in [6.07, 6.45) is 2.01. The van der Waals surface area contributed by atoms with Gasteiger partial charge in [0.1, 0.15) is 0 Å².